The summed E-state index contributed by atoms with van der Waals surface area (Å²) in [6.07, 6.45) is 0. The highest BCUT2D eigenvalue weighted by molar-refractivity contribution is 6.14. The first-order chi connectivity index (χ1) is 14.9. The quantitative estimate of drug-likeness (QED) is 0.532. The zero-order chi connectivity index (χ0) is 23.8. The molecule has 0 saturated heterocycles. The minimum Gasteiger partial charge on any atom is -0.493 e. The summed E-state index contributed by atoms with van der Waals surface area (Å²) >= 11 is 0. The zero-order valence-electron chi connectivity index (χ0n) is 17.9. The van der Waals surface area contributed by atoms with Crippen molar-refractivity contribution in [3.8, 4) is 5.88 Å². The van der Waals surface area contributed by atoms with E-state index in [0.717, 1.165) is 16.7 Å². The molecule has 3 amide bonds. The third kappa shape index (κ3) is 4.36. The molecule has 0 spiro atoms. The topological polar surface area (TPSA) is 118 Å². The number of nitrogens with zero attached hydrogens (tertiary/aromatic N) is 1. The van der Waals surface area contributed by atoms with Crippen LogP contribution in [-0.4, -0.2) is 33.3 Å². The predicted octanol–water partition coefficient (Wildman–Crippen LogP) is 4.07. The van der Waals surface area contributed by atoms with Crippen LogP contribution in [-0.2, 0) is 4.79 Å². The summed E-state index contributed by atoms with van der Waals surface area (Å²) in [7, 11) is 0. The van der Waals surface area contributed by atoms with E-state index in [4.69, 9.17) is 0 Å². The van der Waals surface area contributed by atoms with E-state index in [9.17, 15) is 28.7 Å². The van der Waals surface area contributed by atoms with Gasteiger partial charge in [0.25, 0.3) is 5.91 Å². The number of Topliss-reactive ketones (excluding diaryl/α,β-unsaturated/α-hetero) is 1. The molecule has 3 aromatic rings. The van der Waals surface area contributed by atoms with Crippen molar-refractivity contribution in [3.05, 3.63) is 59.4 Å². The average Bonchev–Trinajstić information content (AvgIpc) is 2.98. The van der Waals surface area contributed by atoms with Gasteiger partial charge in [0.1, 0.15) is 11.5 Å². The predicted molar refractivity (Wildman–Crippen MR) is 116 cm³/mol. The number of anilines is 1. The van der Waals surface area contributed by atoms with Crippen LogP contribution in [0.2, 0.25) is 0 Å². The molecule has 0 aliphatic heterocycles. The lowest BCUT2D eigenvalue weighted by Crippen LogP contribution is -2.41. The number of hydrogen-bond donors (Lipinski definition) is 3. The van der Waals surface area contributed by atoms with Crippen molar-refractivity contribution in [2.24, 2.45) is 5.41 Å². The van der Waals surface area contributed by atoms with Gasteiger partial charge in [-0.1, -0.05) is 20.8 Å². The number of halogens is 1. The van der Waals surface area contributed by atoms with E-state index >= 15 is 0 Å². The Morgan fingerprint density at radius 1 is 0.969 bits per heavy atom. The molecular weight excluding hydrogens is 417 g/mol. The van der Waals surface area contributed by atoms with Crippen molar-refractivity contribution in [1.82, 2.24) is 9.88 Å². The second-order valence-electron chi connectivity index (χ2n) is 8.29. The fourth-order valence-electron chi connectivity index (χ4n) is 2.95. The number of ketones is 1. The van der Waals surface area contributed by atoms with Crippen LogP contribution in [0.15, 0.2) is 42.5 Å². The van der Waals surface area contributed by atoms with Crippen molar-refractivity contribution in [2.45, 2.75) is 27.7 Å². The summed E-state index contributed by atoms with van der Waals surface area (Å²) in [6, 6.07) is 8.13. The van der Waals surface area contributed by atoms with Crippen LogP contribution in [0.3, 0.4) is 0 Å². The molecule has 0 bridgehead atoms. The van der Waals surface area contributed by atoms with Crippen molar-refractivity contribution < 1.29 is 28.7 Å². The number of carbonyl (C=O) groups is 4. The van der Waals surface area contributed by atoms with E-state index in [0.29, 0.717) is 0 Å². The Kier molecular flexibility index (Phi) is 5.85. The first-order valence-corrected chi connectivity index (χ1v) is 9.71. The van der Waals surface area contributed by atoms with E-state index in [1.165, 1.54) is 37.3 Å². The molecule has 9 heteroatoms. The van der Waals surface area contributed by atoms with Crippen molar-refractivity contribution in [3.63, 3.8) is 0 Å². The van der Waals surface area contributed by atoms with Gasteiger partial charge in [-0.15, -0.1) is 0 Å². The summed E-state index contributed by atoms with van der Waals surface area (Å²) in [5.41, 5.74) is -0.424. The highest BCUT2D eigenvalue weighted by Gasteiger charge is 2.28. The molecule has 0 radical (unpaired) electrons. The molecule has 0 aliphatic carbocycles. The molecule has 1 heterocycles. The van der Waals surface area contributed by atoms with Gasteiger partial charge in [-0.2, -0.15) is 0 Å². The highest BCUT2D eigenvalue weighted by Crippen LogP contribution is 2.37. The van der Waals surface area contributed by atoms with E-state index < -0.39 is 35.0 Å². The Balaban J connectivity index is 2.11. The number of carbonyl (C=O) groups excluding carboxylic acids is 4. The molecule has 0 unspecified atom stereocenters. The Labute approximate surface area is 183 Å². The standard InChI is InChI=1S/C23H22FN3O5/c1-12(28)14-7-10-17-16(11-14)18(25-19(29)13-5-8-15(24)9-6-13)20(30)27(17)22(32)26-21(31)23(2,3)4/h5-11,30H,1-4H3,(H,25,29)(H,26,31,32). The van der Waals surface area contributed by atoms with Gasteiger partial charge in [0, 0.05) is 21.9 Å². The number of imide groups is 1. The molecular formula is C23H22FN3O5. The fourth-order valence-corrected chi connectivity index (χ4v) is 2.95. The van der Waals surface area contributed by atoms with Gasteiger partial charge in [-0.25, -0.2) is 13.8 Å². The highest BCUT2D eigenvalue weighted by atomic mass is 19.1. The van der Waals surface area contributed by atoms with Crippen LogP contribution in [0.4, 0.5) is 14.9 Å². The van der Waals surface area contributed by atoms with Crippen LogP contribution in [0.5, 0.6) is 5.88 Å². The van der Waals surface area contributed by atoms with E-state index in [1.54, 1.807) is 20.8 Å². The summed E-state index contributed by atoms with van der Waals surface area (Å²) in [5, 5.41) is 15.7. The second-order valence-corrected chi connectivity index (χ2v) is 8.29. The van der Waals surface area contributed by atoms with Crippen molar-refractivity contribution >= 4 is 40.2 Å². The first-order valence-electron chi connectivity index (χ1n) is 9.71. The number of fused-ring (bicyclic) bond motifs is 1. The van der Waals surface area contributed by atoms with Crippen molar-refractivity contribution in [1.29, 1.82) is 0 Å². The smallest absolute Gasteiger partial charge is 0.335 e. The number of aromatic hydroxyl groups is 1. The molecule has 0 aliphatic rings. The first kappa shape index (κ1) is 22.7. The lowest BCUT2D eigenvalue weighted by molar-refractivity contribution is -0.127. The Morgan fingerprint density at radius 2 is 1.56 bits per heavy atom. The van der Waals surface area contributed by atoms with Gasteiger partial charge >= 0.3 is 6.03 Å². The van der Waals surface area contributed by atoms with E-state index in [-0.39, 0.29) is 33.5 Å². The normalized spacial score (nSPS) is 11.3. The monoisotopic (exact) mass is 439 g/mol. The molecule has 2 aromatic carbocycles. The van der Waals surface area contributed by atoms with Crippen LogP contribution in [0.25, 0.3) is 10.9 Å². The maximum absolute atomic E-state index is 13.2. The van der Waals surface area contributed by atoms with Gasteiger partial charge < -0.3 is 10.4 Å². The van der Waals surface area contributed by atoms with E-state index in [1.807, 2.05) is 0 Å². The van der Waals surface area contributed by atoms with Gasteiger partial charge in [-0.05, 0) is 49.4 Å². The number of benzene rings is 2. The molecule has 0 saturated carbocycles. The Hall–Kier alpha value is -4.01. The van der Waals surface area contributed by atoms with Gasteiger partial charge in [-0.3, -0.25) is 19.7 Å². The molecule has 1 aromatic heterocycles. The Morgan fingerprint density at radius 3 is 2.12 bits per heavy atom. The number of rotatable bonds is 3. The lowest BCUT2D eigenvalue weighted by Gasteiger charge is -2.17. The largest absolute Gasteiger partial charge is 0.493 e. The van der Waals surface area contributed by atoms with Crippen LogP contribution in [0.1, 0.15) is 48.4 Å². The minimum absolute atomic E-state index is 0.113. The van der Waals surface area contributed by atoms with Crippen LogP contribution in [0, 0.1) is 11.2 Å². The van der Waals surface area contributed by atoms with Crippen LogP contribution >= 0.6 is 0 Å². The van der Waals surface area contributed by atoms with Gasteiger partial charge in [0.05, 0.1) is 5.52 Å². The molecule has 3 N–H and O–H groups in total. The molecule has 8 nitrogen and oxygen atoms in total. The fraction of sp³-hybridized carbons (Fsp3) is 0.217. The third-order valence-corrected chi connectivity index (χ3v) is 4.80. The maximum atomic E-state index is 13.2. The lowest BCUT2D eigenvalue weighted by atomic mass is 9.96. The molecule has 0 fully saturated rings. The summed E-state index contributed by atoms with van der Waals surface area (Å²) in [4.78, 5) is 49.6. The van der Waals surface area contributed by atoms with Crippen molar-refractivity contribution in [2.75, 3.05) is 5.32 Å². The van der Waals surface area contributed by atoms with E-state index in [2.05, 4.69) is 10.6 Å². The Bertz CT molecular complexity index is 1250. The minimum atomic E-state index is -0.926. The summed E-state index contributed by atoms with van der Waals surface area (Å²) in [5.74, 6) is -2.65. The number of amides is 3. The molecule has 32 heavy (non-hydrogen) atoms. The molecule has 0 atom stereocenters. The summed E-state index contributed by atoms with van der Waals surface area (Å²) < 4.78 is 14.0. The maximum Gasteiger partial charge on any atom is 0.335 e. The number of aromatic nitrogens is 1. The second kappa shape index (κ2) is 8.26. The van der Waals surface area contributed by atoms with Crippen LogP contribution < -0.4 is 10.6 Å². The zero-order valence-corrected chi connectivity index (χ0v) is 17.9. The SMILES string of the molecule is CC(=O)c1ccc2c(c1)c(NC(=O)c1ccc(F)cc1)c(O)n2C(=O)NC(=O)C(C)(C)C. The summed E-state index contributed by atoms with van der Waals surface area (Å²) in [6.45, 7) is 6.22. The molecule has 166 valence electrons. The molecule has 3 rings (SSSR count). The number of nitrogens with one attached hydrogen (secondary N) is 2. The van der Waals surface area contributed by atoms with Gasteiger partial charge in [0.15, 0.2) is 5.78 Å². The average molecular weight is 439 g/mol. The third-order valence-electron chi connectivity index (χ3n) is 4.80. The number of hydrogen-bond acceptors (Lipinski definition) is 5. The van der Waals surface area contributed by atoms with Gasteiger partial charge in [0.2, 0.25) is 11.8 Å².